The first kappa shape index (κ1) is 15.1. The quantitative estimate of drug-likeness (QED) is 0.863. The van der Waals surface area contributed by atoms with Crippen molar-refractivity contribution in [2.24, 2.45) is 29.4 Å². The summed E-state index contributed by atoms with van der Waals surface area (Å²) in [6.07, 6.45) is 7.38. The van der Waals surface area contributed by atoms with Crippen LogP contribution < -0.4 is 5.73 Å². The lowest BCUT2D eigenvalue weighted by Gasteiger charge is -2.35. The van der Waals surface area contributed by atoms with E-state index in [1.807, 2.05) is 0 Å². The number of likely N-dealkylation sites (tertiary alicyclic amines) is 1. The van der Waals surface area contributed by atoms with Crippen molar-refractivity contribution in [3.05, 3.63) is 0 Å². The normalized spacial score (nSPS) is 26.2. The van der Waals surface area contributed by atoms with Gasteiger partial charge in [-0.3, -0.25) is 4.79 Å². The van der Waals surface area contributed by atoms with Crippen LogP contribution in [0.25, 0.3) is 0 Å². The Morgan fingerprint density at radius 3 is 1.84 bits per heavy atom. The van der Waals surface area contributed by atoms with Gasteiger partial charge in [-0.15, -0.1) is 12.4 Å². The van der Waals surface area contributed by atoms with E-state index in [4.69, 9.17) is 5.73 Å². The molecule has 3 nitrogen and oxygen atoms in total. The smallest absolute Gasteiger partial charge is 0.226 e. The number of halogens is 1. The summed E-state index contributed by atoms with van der Waals surface area (Å²) in [5, 5.41) is 0. The largest absolute Gasteiger partial charge is 0.342 e. The minimum Gasteiger partial charge on any atom is -0.342 e. The third-order valence-electron chi connectivity index (χ3n) is 5.14. The average molecular weight is 287 g/mol. The molecule has 2 N–H and O–H groups in total. The maximum atomic E-state index is 12.6. The molecular weight excluding hydrogens is 260 g/mol. The minimum atomic E-state index is 0. The Labute approximate surface area is 122 Å². The molecule has 0 radical (unpaired) electrons. The van der Waals surface area contributed by atoms with Gasteiger partial charge in [0.25, 0.3) is 0 Å². The molecule has 0 aromatic carbocycles. The summed E-state index contributed by atoms with van der Waals surface area (Å²) in [5.41, 5.74) is 5.96. The summed E-state index contributed by atoms with van der Waals surface area (Å²) in [5.74, 6) is 2.95. The molecule has 3 rings (SSSR count). The van der Waals surface area contributed by atoms with E-state index in [-0.39, 0.29) is 18.4 Å². The van der Waals surface area contributed by atoms with Crippen molar-refractivity contribution in [3.63, 3.8) is 0 Å². The van der Waals surface area contributed by atoms with Gasteiger partial charge in [-0.1, -0.05) is 0 Å². The Morgan fingerprint density at radius 2 is 1.47 bits per heavy atom. The number of nitrogens with two attached hydrogens (primary N) is 1. The number of amides is 1. The van der Waals surface area contributed by atoms with E-state index in [0.29, 0.717) is 17.7 Å². The third-order valence-corrected chi connectivity index (χ3v) is 5.14. The molecule has 1 atom stereocenters. The van der Waals surface area contributed by atoms with Crippen LogP contribution in [0.2, 0.25) is 0 Å². The fourth-order valence-electron chi connectivity index (χ4n) is 3.56. The van der Waals surface area contributed by atoms with Gasteiger partial charge in [0, 0.05) is 25.0 Å². The summed E-state index contributed by atoms with van der Waals surface area (Å²) in [4.78, 5) is 14.8. The lowest BCUT2D eigenvalue weighted by molar-refractivity contribution is -0.138. The summed E-state index contributed by atoms with van der Waals surface area (Å²) >= 11 is 0. The highest BCUT2D eigenvalue weighted by molar-refractivity contribution is 5.85. The predicted molar refractivity (Wildman–Crippen MR) is 79.1 cm³/mol. The molecule has 0 aromatic rings. The maximum absolute atomic E-state index is 12.6. The Morgan fingerprint density at radius 1 is 1.00 bits per heavy atom. The van der Waals surface area contributed by atoms with Gasteiger partial charge in [0.05, 0.1) is 0 Å². The molecule has 3 aliphatic rings. The fourth-order valence-corrected chi connectivity index (χ4v) is 3.56. The van der Waals surface area contributed by atoms with Gasteiger partial charge in [-0.25, -0.2) is 0 Å². The van der Waals surface area contributed by atoms with Crippen LogP contribution in [0.4, 0.5) is 0 Å². The van der Waals surface area contributed by atoms with Gasteiger partial charge in [0.2, 0.25) is 5.91 Å². The lowest BCUT2D eigenvalue weighted by atomic mass is 9.89. The second-order valence-electron chi connectivity index (χ2n) is 6.72. The highest BCUT2D eigenvalue weighted by atomic mass is 35.5. The topological polar surface area (TPSA) is 46.3 Å². The first-order valence-electron chi connectivity index (χ1n) is 7.71. The predicted octanol–water partition coefficient (Wildman–Crippen LogP) is 2.43. The van der Waals surface area contributed by atoms with Crippen LogP contribution in [0, 0.1) is 23.7 Å². The van der Waals surface area contributed by atoms with E-state index < -0.39 is 0 Å². The molecular formula is C15H27ClN2O. The first-order valence-corrected chi connectivity index (χ1v) is 7.71. The van der Waals surface area contributed by atoms with Gasteiger partial charge >= 0.3 is 0 Å². The Kier molecular flexibility index (Phi) is 4.78. The van der Waals surface area contributed by atoms with E-state index >= 15 is 0 Å². The van der Waals surface area contributed by atoms with Crippen LogP contribution >= 0.6 is 12.4 Å². The van der Waals surface area contributed by atoms with Crippen molar-refractivity contribution >= 4 is 18.3 Å². The van der Waals surface area contributed by atoms with Crippen molar-refractivity contribution in [1.29, 1.82) is 0 Å². The van der Waals surface area contributed by atoms with Gasteiger partial charge in [-0.2, -0.15) is 0 Å². The summed E-state index contributed by atoms with van der Waals surface area (Å²) in [7, 11) is 0. The molecule has 1 saturated heterocycles. The molecule has 110 valence electrons. The molecule has 0 bridgehead atoms. The van der Waals surface area contributed by atoms with Crippen molar-refractivity contribution < 1.29 is 4.79 Å². The SMILES string of the molecule is CC(N)C1CCN(C(=O)C(C2CC2)C2CC2)CC1.Cl. The van der Waals surface area contributed by atoms with Gasteiger partial charge in [0.15, 0.2) is 0 Å². The van der Waals surface area contributed by atoms with Crippen LogP contribution in [0.15, 0.2) is 0 Å². The molecule has 1 aliphatic heterocycles. The number of piperidine rings is 1. The third kappa shape index (κ3) is 3.43. The number of carbonyl (C=O) groups is 1. The maximum Gasteiger partial charge on any atom is 0.226 e. The number of nitrogens with zero attached hydrogens (tertiary/aromatic N) is 1. The van der Waals surface area contributed by atoms with Crippen molar-refractivity contribution in [2.75, 3.05) is 13.1 Å². The number of hydrogen-bond acceptors (Lipinski definition) is 2. The Bertz CT molecular complexity index is 306. The Hall–Kier alpha value is -0.280. The number of hydrogen-bond donors (Lipinski definition) is 1. The molecule has 1 heterocycles. The van der Waals surface area contributed by atoms with Crippen LogP contribution in [0.5, 0.6) is 0 Å². The van der Waals surface area contributed by atoms with E-state index in [1.54, 1.807) is 0 Å². The summed E-state index contributed by atoms with van der Waals surface area (Å²) in [6, 6.07) is 0.282. The number of rotatable bonds is 4. The highest BCUT2D eigenvalue weighted by Gasteiger charge is 2.47. The molecule has 0 spiro atoms. The zero-order chi connectivity index (χ0) is 12.7. The molecule has 1 unspecified atom stereocenters. The minimum absolute atomic E-state index is 0. The Balaban J connectivity index is 0.00000133. The van der Waals surface area contributed by atoms with Crippen LogP contribution in [-0.2, 0) is 4.79 Å². The zero-order valence-corrected chi connectivity index (χ0v) is 12.7. The number of carbonyl (C=O) groups excluding carboxylic acids is 1. The van der Waals surface area contributed by atoms with Crippen molar-refractivity contribution in [1.82, 2.24) is 4.90 Å². The van der Waals surface area contributed by atoms with Crippen LogP contribution in [0.1, 0.15) is 45.4 Å². The van der Waals surface area contributed by atoms with E-state index in [1.165, 1.54) is 25.7 Å². The average Bonchev–Trinajstić information content (AvgIpc) is 3.23. The first-order chi connectivity index (χ1) is 8.66. The molecule has 2 aliphatic carbocycles. The molecule has 3 fully saturated rings. The lowest BCUT2D eigenvalue weighted by Crippen LogP contribution is -2.45. The second-order valence-corrected chi connectivity index (χ2v) is 6.72. The fraction of sp³-hybridized carbons (Fsp3) is 0.933. The molecule has 0 aromatic heterocycles. The van der Waals surface area contributed by atoms with E-state index in [9.17, 15) is 4.79 Å². The molecule has 4 heteroatoms. The summed E-state index contributed by atoms with van der Waals surface area (Å²) < 4.78 is 0. The van der Waals surface area contributed by atoms with Crippen molar-refractivity contribution in [2.45, 2.75) is 51.5 Å². The van der Waals surface area contributed by atoms with Gasteiger partial charge in [-0.05, 0) is 63.2 Å². The van der Waals surface area contributed by atoms with Crippen LogP contribution in [0.3, 0.4) is 0 Å². The van der Waals surface area contributed by atoms with E-state index in [0.717, 1.165) is 37.8 Å². The van der Waals surface area contributed by atoms with Crippen molar-refractivity contribution in [3.8, 4) is 0 Å². The summed E-state index contributed by atoms with van der Waals surface area (Å²) in [6.45, 7) is 3.99. The molecule has 19 heavy (non-hydrogen) atoms. The highest BCUT2D eigenvalue weighted by Crippen LogP contribution is 2.50. The van der Waals surface area contributed by atoms with Crippen LogP contribution in [-0.4, -0.2) is 29.9 Å². The molecule has 2 saturated carbocycles. The van der Waals surface area contributed by atoms with Gasteiger partial charge < -0.3 is 10.6 Å². The van der Waals surface area contributed by atoms with Gasteiger partial charge in [0.1, 0.15) is 0 Å². The second kappa shape index (κ2) is 6.01. The standard InChI is InChI=1S/C15H26N2O.ClH/c1-10(16)11-6-8-17(9-7-11)15(18)14(12-2-3-12)13-4-5-13;/h10-14H,2-9,16H2,1H3;1H. The van der Waals surface area contributed by atoms with E-state index in [2.05, 4.69) is 11.8 Å². The zero-order valence-electron chi connectivity index (χ0n) is 11.9. The molecule has 1 amide bonds. The monoisotopic (exact) mass is 286 g/mol.